The molecule has 1 aliphatic rings. The fraction of sp³-hybridized carbons (Fsp3) is 0.300. The van der Waals surface area contributed by atoms with Crippen LogP contribution in [-0.2, 0) is 4.74 Å². The maximum atomic E-state index is 13.4. The van der Waals surface area contributed by atoms with Gasteiger partial charge in [0.05, 0.1) is 22.9 Å². The summed E-state index contributed by atoms with van der Waals surface area (Å²) >= 11 is 7.30. The molecule has 3 heterocycles. The number of aliphatic hydroxyl groups is 1. The minimum absolute atomic E-state index is 0.0411. The van der Waals surface area contributed by atoms with E-state index < -0.39 is 24.1 Å². The maximum absolute atomic E-state index is 13.4. The summed E-state index contributed by atoms with van der Waals surface area (Å²) in [5.74, 6) is 0.155. The highest BCUT2D eigenvalue weighted by atomic mass is 35.5. The quantitative estimate of drug-likeness (QED) is 0.563. The Morgan fingerprint density at radius 2 is 2.16 bits per heavy atom. The van der Waals surface area contributed by atoms with Crippen LogP contribution in [0.1, 0.15) is 24.9 Å². The first-order valence-electron chi connectivity index (χ1n) is 9.48. The van der Waals surface area contributed by atoms with E-state index in [1.165, 1.54) is 34.6 Å². The van der Waals surface area contributed by atoms with Gasteiger partial charge in [-0.2, -0.15) is 4.98 Å². The first-order valence-corrected chi connectivity index (χ1v) is 10.7. The summed E-state index contributed by atoms with van der Waals surface area (Å²) in [5.41, 5.74) is 1.40. The Kier molecular flexibility index (Phi) is 6.03. The number of benzene rings is 1. The Morgan fingerprint density at radius 3 is 2.90 bits per heavy atom. The summed E-state index contributed by atoms with van der Waals surface area (Å²) < 4.78 is 18.5. The smallest absolute Gasteiger partial charge is 0.416 e. The number of cyclic esters (lactones) is 1. The molecule has 2 unspecified atom stereocenters. The third kappa shape index (κ3) is 4.46. The second-order valence-corrected chi connectivity index (χ2v) is 8.36. The van der Waals surface area contributed by atoms with E-state index in [0.717, 1.165) is 10.6 Å². The molecule has 1 amide bonds. The van der Waals surface area contributed by atoms with Crippen LogP contribution in [0.5, 0.6) is 0 Å². The lowest BCUT2D eigenvalue weighted by Crippen LogP contribution is -2.41. The minimum atomic E-state index is -0.773. The second-order valence-electron chi connectivity index (χ2n) is 7.06. The van der Waals surface area contributed by atoms with Crippen LogP contribution in [0.25, 0.3) is 11.3 Å². The number of aromatic nitrogens is 3. The number of hydrogen-bond acceptors (Lipinski definition) is 8. The largest absolute Gasteiger partial charge is 0.447 e. The van der Waals surface area contributed by atoms with Crippen molar-refractivity contribution in [1.82, 2.24) is 15.0 Å². The van der Waals surface area contributed by atoms with Crippen LogP contribution < -0.4 is 10.2 Å². The van der Waals surface area contributed by atoms with Crippen molar-refractivity contribution >= 4 is 40.8 Å². The molecule has 0 aliphatic carbocycles. The fourth-order valence-corrected chi connectivity index (χ4v) is 4.15. The van der Waals surface area contributed by atoms with E-state index in [-0.39, 0.29) is 17.7 Å². The molecule has 1 aromatic carbocycles. The highest BCUT2D eigenvalue weighted by Crippen LogP contribution is 2.30. The van der Waals surface area contributed by atoms with E-state index in [1.54, 1.807) is 19.1 Å². The maximum Gasteiger partial charge on any atom is 0.416 e. The average molecular weight is 464 g/mol. The number of nitrogens with zero attached hydrogens (tertiary/aromatic N) is 4. The summed E-state index contributed by atoms with van der Waals surface area (Å²) in [4.78, 5) is 26.6. The predicted octanol–water partition coefficient (Wildman–Crippen LogP) is 4.27. The minimum Gasteiger partial charge on any atom is -0.447 e. The van der Waals surface area contributed by atoms with Gasteiger partial charge < -0.3 is 15.2 Å². The van der Waals surface area contributed by atoms with Gasteiger partial charge in [-0.1, -0.05) is 11.6 Å². The molecule has 4 rings (SSSR count). The van der Waals surface area contributed by atoms with Gasteiger partial charge in [0, 0.05) is 17.1 Å². The number of carbonyl (C=O) groups is 1. The van der Waals surface area contributed by atoms with Crippen LogP contribution >= 0.6 is 22.9 Å². The van der Waals surface area contributed by atoms with Crippen LogP contribution in [0.4, 0.5) is 21.0 Å². The first-order chi connectivity index (χ1) is 14.8. The van der Waals surface area contributed by atoms with Crippen molar-refractivity contribution < 1.29 is 19.0 Å². The molecule has 162 valence electrons. The summed E-state index contributed by atoms with van der Waals surface area (Å²) in [6, 6.07) is 5.30. The molecule has 1 fully saturated rings. The number of nitrogens with one attached hydrogen (secondary N) is 1. The third-order valence-corrected chi connectivity index (χ3v) is 6.12. The number of amides is 1. The van der Waals surface area contributed by atoms with E-state index >= 15 is 0 Å². The molecule has 0 bridgehead atoms. The van der Waals surface area contributed by atoms with Gasteiger partial charge in [0.1, 0.15) is 29.3 Å². The molecule has 3 aromatic rings. The van der Waals surface area contributed by atoms with Gasteiger partial charge in [0.25, 0.3) is 0 Å². The third-order valence-electron chi connectivity index (χ3n) is 4.80. The van der Waals surface area contributed by atoms with Crippen molar-refractivity contribution in [2.24, 2.45) is 0 Å². The summed E-state index contributed by atoms with van der Waals surface area (Å²) in [7, 11) is 0. The predicted molar refractivity (Wildman–Crippen MR) is 116 cm³/mol. The Bertz CT molecular complexity index is 1110. The molecule has 2 aromatic heterocycles. The number of carbonyl (C=O) groups excluding carboxylic acids is 1. The normalized spacial score (nSPS) is 18.0. The number of thiazole rings is 1. The van der Waals surface area contributed by atoms with Crippen molar-refractivity contribution in [3.05, 3.63) is 51.7 Å². The molecule has 2 N–H and O–H groups in total. The van der Waals surface area contributed by atoms with Crippen molar-refractivity contribution in [3.8, 4) is 11.3 Å². The van der Waals surface area contributed by atoms with Gasteiger partial charge in [-0.25, -0.2) is 19.2 Å². The lowest BCUT2D eigenvalue weighted by molar-refractivity contribution is 0.142. The second kappa shape index (κ2) is 8.74. The first kappa shape index (κ1) is 21.4. The standard InChI is InChI=1S/C20H19ClFN5O3S/c1-10(18-25-15(9-31-18)12-3-4-14(22)13(21)7-12)24-19-23-6-5-17(26-19)27-16(11(2)28)8-30-20(27)29/h3-7,9-11,16,28H,8H2,1-2H3,(H,23,24,26)/t10?,11-,16?/m1/s1. The molecule has 3 atom stereocenters. The zero-order valence-corrected chi connectivity index (χ0v) is 18.2. The van der Waals surface area contributed by atoms with Gasteiger partial charge in [-0.15, -0.1) is 11.3 Å². The van der Waals surface area contributed by atoms with Crippen molar-refractivity contribution in [1.29, 1.82) is 0 Å². The fourth-order valence-electron chi connectivity index (χ4n) is 3.14. The van der Waals surface area contributed by atoms with E-state index in [4.69, 9.17) is 16.3 Å². The van der Waals surface area contributed by atoms with E-state index in [1.807, 2.05) is 12.3 Å². The van der Waals surface area contributed by atoms with E-state index in [9.17, 15) is 14.3 Å². The number of aliphatic hydroxyl groups excluding tert-OH is 1. The average Bonchev–Trinajstić information content (AvgIpc) is 3.37. The van der Waals surface area contributed by atoms with Gasteiger partial charge in [0.15, 0.2) is 0 Å². The molecular formula is C20H19ClFN5O3S. The van der Waals surface area contributed by atoms with Crippen molar-refractivity contribution in [2.45, 2.75) is 32.0 Å². The monoisotopic (exact) mass is 463 g/mol. The number of halogens is 2. The molecule has 1 saturated heterocycles. The number of rotatable bonds is 6. The highest BCUT2D eigenvalue weighted by Gasteiger charge is 2.38. The molecule has 0 saturated carbocycles. The Hall–Kier alpha value is -2.82. The van der Waals surface area contributed by atoms with Crippen molar-refractivity contribution in [3.63, 3.8) is 0 Å². The van der Waals surface area contributed by atoms with Gasteiger partial charge in [-0.05, 0) is 38.1 Å². The van der Waals surface area contributed by atoms with Crippen LogP contribution in [0.2, 0.25) is 5.02 Å². The number of hydrogen-bond donors (Lipinski definition) is 2. The van der Waals surface area contributed by atoms with E-state index in [0.29, 0.717) is 17.5 Å². The van der Waals surface area contributed by atoms with E-state index in [2.05, 4.69) is 20.3 Å². The Balaban J connectivity index is 1.51. The zero-order chi connectivity index (χ0) is 22.1. The molecule has 0 radical (unpaired) electrons. The van der Waals surface area contributed by atoms with Crippen molar-refractivity contribution in [2.75, 3.05) is 16.8 Å². The summed E-state index contributed by atoms with van der Waals surface area (Å²) in [5, 5.41) is 15.8. The van der Waals surface area contributed by atoms with Crippen LogP contribution in [0, 0.1) is 5.82 Å². The molecule has 8 nitrogen and oxygen atoms in total. The zero-order valence-electron chi connectivity index (χ0n) is 16.6. The van der Waals surface area contributed by atoms with Gasteiger partial charge >= 0.3 is 6.09 Å². The van der Waals surface area contributed by atoms with Gasteiger partial charge in [0.2, 0.25) is 5.95 Å². The lowest BCUT2D eigenvalue weighted by Gasteiger charge is -2.22. The molecular weight excluding hydrogens is 445 g/mol. The molecule has 1 aliphatic heterocycles. The van der Waals surface area contributed by atoms with Gasteiger partial charge in [-0.3, -0.25) is 4.90 Å². The highest BCUT2D eigenvalue weighted by molar-refractivity contribution is 7.10. The molecule has 0 spiro atoms. The summed E-state index contributed by atoms with van der Waals surface area (Å²) in [6.07, 6.45) is 0.187. The van der Waals surface area contributed by atoms with Crippen LogP contribution in [0.3, 0.4) is 0 Å². The Morgan fingerprint density at radius 1 is 1.35 bits per heavy atom. The van der Waals surface area contributed by atoms with Crippen LogP contribution in [-0.4, -0.2) is 44.9 Å². The topological polar surface area (TPSA) is 100 Å². The number of anilines is 2. The summed E-state index contributed by atoms with van der Waals surface area (Å²) in [6.45, 7) is 3.59. The Labute approximate surface area is 186 Å². The number of ether oxygens (including phenoxy) is 1. The van der Waals surface area contributed by atoms with Crippen LogP contribution in [0.15, 0.2) is 35.8 Å². The molecule has 11 heteroatoms. The SMILES string of the molecule is CC(Nc1nccc(N2C(=O)OCC2[C@@H](C)O)n1)c1nc(-c2ccc(F)c(Cl)c2)cs1. The lowest BCUT2D eigenvalue weighted by atomic mass is 10.2. The molecule has 31 heavy (non-hydrogen) atoms.